The van der Waals surface area contributed by atoms with Crippen LogP contribution in [0.25, 0.3) is 0 Å². The molecule has 1 aromatic heterocycles. The van der Waals surface area contributed by atoms with E-state index in [9.17, 15) is 9.59 Å². The fourth-order valence-corrected chi connectivity index (χ4v) is 0.992. The fraction of sp³-hybridized carbons (Fsp3) is 0.444. The second kappa shape index (κ2) is 5.86. The number of carboxylic acid groups (broad SMARTS) is 1. The van der Waals surface area contributed by atoms with Gasteiger partial charge in [0.2, 0.25) is 5.76 Å². The number of nitrogens with one attached hydrogen (secondary N) is 1. The van der Waals surface area contributed by atoms with Gasteiger partial charge in [0.15, 0.2) is 5.69 Å². The van der Waals surface area contributed by atoms with Crippen molar-refractivity contribution in [1.82, 2.24) is 10.5 Å². The molecule has 0 fully saturated rings. The highest BCUT2D eigenvalue weighted by atomic mass is 16.5. The molecule has 0 radical (unpaired) electrons. The number of carboxylic acids is 1. The average Bonchev–Trinajstić information content (AvgIpc) is 2.73. The van der Waals surface area contributed by atoms with Gasteiger partial charge in [0.1, 0.15) is 0 Å². The van der Waals surface area contributed by atoms with Gasteiger partial charge in [-0.25, -0.2) is 4.79 Å². The summed E-state index contributed by atoms with van der Waals surface area (Å²) in [4.78, 5) is 21.8. The lowest BCUT2D eigenvalue weighted by Gasteiger charge is -2.00. The van der Waals surface area contributed by atoms with Crippen molar-refractivity contribution in [3.63, 3.8) is 0 Å². The molecule has 0 atom stereocenters. The molecule has 2 N–H and O–H groups in total. The Bertz CT molecular complexity index is 374. The minimum absolute atomic E-state index is 0.0465. The van der Waals surface area contributed by atoms with Gasteiger partial charge < -0.3 is 19.7 Å². The van der Waals surface area contributed by atoms with Gasteiger partial charge in [-0.3, -0.25) is 4.79 Å². The van der Waals surface area contributed by atoms with Crippen LogP contribution in [0.15, 0.2) is 10.6 Å². The van der Waals surface area contributed by atoms with Crippen molar-refractivity contribution in [1.29, 1.82) is 0 Å². The van der Waals surface area contributed by atoms with Crippen molar-refractivity contribution < 1.29 is 24.0 Å². The Balaban J connectivity index is 2.43. The first-order valence-corrected chi connectivity index (χ1v) is 4.62. The standard InChI is InChI=1S/C9H12N2O5/c1-15-4-2-3-10-8(12)6-5-7(9(13)14)16-11-6/h5H,2-4H2,1H3,(H,10,12)(H,13,14). The number of aromatic carboxylic acids is 1. The molecule has 7 nitrogen and oxygen atoms in total. The first-order valence-electron chi connectivity index (χ1n) is 4.62. The molecule has 88 valence electrons. The van der Waals surface area contributed by atoms with Gasteiger partial charge >= 0.3 is 5.97 Å². The summed E-state index contributed by atoms with van der Waals surface area (Å²) in [5.41, 5.74) is -0.0465. The van der Waals surface area contributed by atoms with Crippen LogP contribution in [0.2, 0.25) is 0 Å². The molecular formula is C9H12N2O5. The number of nitrogens with zero attached hydrogens (tertiary/aromatic N) is 1. The van der Waals surface area contributed by atoms with Crippen molar-refractivity contribution in [2.24, 2.45) is 0 Å². The van der Waals surface area contributed by atoms with Crippen molar-refractivity contribution in [2.75, 3.05) is 20.3 Å². The minimum Gasteiger partial charge on any atom is -0.475 e. The smallest absolute Gasteiger partial charge is 0.374 e. The lowest BCUT2D eigenvalue weighted by atomic mass is 10.3. The monoisotopic (exact) mass is 228 g/mol. The van der Waals surface area contributed by atoms with E-state index in [-0.39, 0.29) is 11.5 Å². The van der Waals surface area contributed by atoms with Gasteiger partial charge in [-0.15, -0.1) is 0 Å². The highest BCUT2D eigenvalue weighted by Gasteiger charge is 2.15. The quantitative estimate of drug-likeness (QED) is 0.671. The zero-order valence-corrected chi connectivity index (χ0v) is 8.73. The molecule has 0 aliphatic heterocycles. The number of carbonyl (C=O) groups is 2. The molecule has 0 bridgehead atoms. The Labute approximate surface area is 91.4 Å². The van der Waals surface area contributed by atoms with Crippen LogP contribution in [0, 0.1) is 0 Å². The molecule has 0 aromatic carbocycles. The number of hydrogen-bond donors (Lipinski definition) is 2. The van der Waals surface area contributed by atoms with Gasteiger partial charge in [0, 0.05) is 26.3 Å². The van der Waals surface area contributed by atoms with Crippen LogP contribution >= 0.6 is 0 Å². The fourth-order valence-electron chi connectivity index (χ4n) is 0.992. The van der Waals surface area contributed by atoms with E-state index >= 15 is 0 Å². The van der Waals surface area contributed by atoms with E-state index in [0.29, 0.717) is 19.6 Å². The number of carbonyl (C=O) groups excluding carboxylic acids is 1. The van der Waals surface area contributed by atoms with Crippen LogP contribution in [-0.2, 0) is 4.74 Å². The van der Waals surface area contributed by atoms with Crippen molar-refractivity contribution in [3.8, 4) is 0 Å². The number of methoxy groups -OCH3 is 1. The molecule has 1 heterocycles. The van der Waals surface area contributed by atoms with Gasteiger partial charge in [-0.1, -0.05) is 5.16 Å². The molecule has 0 spiro atoms. The molecule has 0 aliphatic rings. The highest BCUT2D eigenvalue weighted by Crippen LogP contribution is 2.03. The zero-order chi connectivity index (χ0) is 12.0. The SMILES string of the molecule is COCCCNC(=O)c1cc(C(=O)O)on1. The summed E-state index contributed by atoms with van der Waals surface area (Å²) >= 11 is 0. The Hall–Kier alpha value is -1.89. The van der Waals surface area contributed by atoms with Crippen LogP contribution in [0.3, 0.4) is 0 Å². The molecular weight excluding hydrogens is 216 g/mol. The molecule has 1 aromatic rings. The van der Waals surface area contributed by atoms with Crippen molar-refractivity contribution in [2.45, 2.75) is 6.42 Å². The molecule has 7 heteroatoms. The van der Waals surface area contributed by atoms with E-state index in [0.717, 1.165) is 6.07 Å². The molecule has 16 heavy (non-hydrogen) atoms. The average molecular weight is 228 g/mol. The first kappa shape index (κ1) is 12.2. The normalized spacial score (nSPS) is 10.1. The zero-order valence-electron chi connectivity index (χ0n) is 8.73. The maximum atomic E-state index is 11.4. The highest BCUT2D eigenvalue weighted by molar-refractivity contribution is 5.94. The lowest BCUT2D eigenvalue weighted by molar-refractivity contribution is 0.0651. The third-order valence-electron chi connectivity index (χ3n) is 1.76. The van der Waals surface area contributed by atoms with E-state index in [4.69, 9.17) is 9.84 Å². The van der Waals surface area contributed by atoms with Gasteiger partial charge in [0.05, 0.1) is 0 Å². The van der Waals surface area contributed by atoms with Crippen LogP contribution in [0.1, 0.15) is 27.5 Å². The van der Waals surface area contributed by atoms with E-state index in [1.807, 2.05) is 0 Å². The van der Waals surface area contributed by atoms with E-state index in [1.54, 1.807) is 7.11 Å². The van der Waals surface area contributed by atoms with Crippen LogP contribution in [-0.4, -0.2) is 42.4 Å². The molecule has 0 unspecified atom stereocenters. The third-order valence-corrected chi connectivity index (χ3v) is 1.76. The van der Waals surface area contributed by atoms with Gasteiger partial charge in [-0.05, 0) is 6.42 Å². The van der Waals surface area contributed by atoms with E-state index < -0.39 is 11.9 Å². The molecule has 0 saturated carbocycles. The summed E-state index contributed by atoms with van der Waals surface area (Å²) in [6.45, 7) is 0.974. The largest absolute Gasteiger partial charge is 0.475 e. The van der Waals surface area contributed by atoms with E-state index in [2.05, 4.69) is 15.0 Å². The van der Waals surface area contributed by atoms with Gasteiger partial charge in [0.25, 0.3) is 5.91 Å². The number of hydrogen-bond acceptors (Lipinski definition) is 5. The van der Waals surface area contributed by atoms with Crippen LogP contribution in [0.4, 0.5) is 0 Å². The molecule has 1 rings (SSSR count). The number of aromatic nitrogens is 1. The summed E-state index contributed by atoms with van der Waals surface area (Å²) in [5.74, 6) is -2.08. The Morgan fingerprint density at radius 3 is 2.94 bits per heavy atom. The third kappa shape index (κ3) is 3.35. The van der Waals surface area contributed by atoms with Gasteiger partial charge in [-0.2, -0.15) is 0 Å². The minimum atomic E-state index is -1.26. The summed E-state index contributed by atoms with van der Waals surface area (Å²) < 4.78 is 9.24. The van der Waals surface area contributed by atoms with Crippen molar-refractivity contribution in [3.05, 3.63) is 17.5 Å². The first-order chi connectivity index (χ1) is 7.65. The summed E-state index contributed by atoms with van der Waals surface area (Å²) in [5, 5.41) is 14.4. The van der Waals surface area contributed by atoms with Crippen LogP contribution < -0.4 is 5.32 Å². The second-order valence-corrected chi connectivity index (χ2v) is 2.98. The van der Waals surface area contributed by atoms with Crippen LogP contribution in [0.5, 0.6) is 0 Å². The maximum Gasteiger partial charge on any atom is 0.374 e. The predicted octanol–water partition coefficient (Wildman–Crippen LogP) is 0.139. The second-order valence-electron chi connectivity index (χ2n) is 2.98. The Kier molecular flexibility index (Phi) is 4.46. The summed E-state index contributed by atoms with van der Waals surface area (Å²) in [6, 6.07) is 1.08. The molecule has 1 amide bonds. The molecule has 0 saturated heterocycles. The summed E-state index contributed by atoms with van der Waals surface area (Å²) in [6.07, 6.45) is 0.672. The Morgan fingerprint density at radius 1 is 1.62 bits per heavy atom. The number of rotatable bonds is 6. The predicted molar refractivity (Wildman–Crippen MR) is 52.3 cm³/mol. The summed E-state index contributed by atoms with van der Waals surface area (Å²) in [7, 11) is 1.57. The molecule has 0 aliphatic carbocycles. The lowest BCUT2D eigenvalue weighted by Crippen LogP contribution is -2.25. The Morgan fingerprint density at radius 2 is 2.38 bits per heavy atom. The van der Waals surface area contributed by atoms with E-state index in [1.165, 1.54) is 0 Å². The maximum absolute atomic E-state index is 11.4. The number of amides is 1. The van der Waals surface area contributed by atoms with Crippen molar-refractivity contribution >= 4 is 11.9 Å². The topological polar surface area (TPSA) is 102 Å². The number of ether oxygens (including phenoxy) is 1.